The van der Waals surface area contributed by atoms with Gasteiger partial charge in [-0.2, -0.15) is 8.78 Å². The predicted octanol–water partition coefficient (Wildman–Crippen LogP) is 4.66. The number of anilines is 1. The Labute approximate surface area is 152 Å². The zero-order valence-electron chi connectivity index (χ0n) is 14.0. The first-order valence-corrected chi connectivity index (χ1v) is 9.02. The number of thiophene rings is 1. The highest BCUT2D eigenvalue weighted by Crippen LogP contribution is 2.46. The second-order valence-corrected chi connectivity index (χ2v) is 6.63. The van der Waals surface area contributed by atoms with Crippen molar-refractivity contribution in [1.82, 2.24) is 0 Å². The van der Waals surface area contributed by atoms with Crippen LogP contribution >= 0.6 is 11.3 Å². The lowest BCUT2D eigenvalue weighted by atomic mass is 10.1. The van der Waals surface area contributed by atoms with Crippen LogP contribution in [-0.4, -0.2) is 25.1 Å². The molecule has 0 spiro atoms. The molecule has 3 rings (SSSR count). The summed E-state index contributed by atoms with van der Waals surface area (Å²) in [7, 11) is 0. The SMILES string of the molecule is CCOC(=O)c1c(C2CC2)csc1NC(=O)c1ccc(OC(F)F)cc1. The molecule has 0 bridgehead atoms. The molecule has 0 radical (unpaired) electrons. The summed E-state index contributed by atoms with van der Waals surface area (Å²) < 4.78 is 33.7. The Bertz CT molecular complexity index is 800. The maximum absolute atomic E-state index is 12.4. The Morgan fingerprint density at radius 1 is 1.27 bits per heavy atom. The van der Waals surface area contributed by atoms with Crippen LogP contribution in [0.2, 0.25) is 0 Å². The van der Waals surface area contributed by atoms with Gasteiger partial charge in [-0.15, -0.1) is 11.3 Å². The van der Waals surface area contributed by atoms with E-state index in [9.17, 15) is 18.4 Å². The van der Waals surface area contributed by atoms with Gasteiger partial charge in [0.25, 0.3) is 5.91 Å². The summed E-state index contributed by atoms with van der Waals surface area (Å²) in [6.07, 6.45) is 2.03. The van der Waals surface area contributed by atoms with Gasteiger partial charge in [0.1, 0.15) is 10.8 Å². The monoisotopic (exact) mass is 381 g/mol. The van der Waals surface area contributed by atoms with Crippen molar-refractivity contribution >= 4 is 28.2 Å². The molecule has 1 fully saturated rings. The summed E-state index contributed by atoms with van der Waals surface area (Å²) >= 11 is 1.28. The molecule has 1 saturated carbocycles. The minimum atomic E-state index is -2.92. The number of carbonyl (C=O) groups excluding carboxylic acids is 2. The van der Waals surface area contributed by atoms with Crippen molar-refractivity contribution in [2.24, 2.45) is 0 Å². The molecule has 2 aromatic rings. The predicted molar refractivity (Wildman–Crippen MR) is 93.3 cm³/mol. The topological polar surface area (TPSA) is 64.6 Å². The second-order valence-electron chi connectivity index (χ2n) is 5.75. The number of ether oxygens (including phenoxy) is 2. The van der Waals surface area contributed by atoms with E-state index in [1.165, 1.54) is 35.6 Å². The molecule has 8 heteroatoms. The Morgan fingerprint density at radius 3 is 2.54 bits per heavy atom. The van der Waals surface area contributed by atoms with Crippen LogP contribution in [0, 0.1) is 0 Å². The molecule has 1 heterocycles. The average molecular weight is 381 g/mol. The van der Waals surface area contributed by atoms with Crippen LogP contribution in [0.3, 0.4) is 0 Å². The molecule has 138 valence electrons. The van der Waals surface area contributed by atoms with E-state index in [1.807, 2.05) is 5.38 Å². The van der Waals surface area contributed by atoms with E-state index in [4.69, 9.17) is 4.74 Å². The molecule has 0 aliphatic heterocycles. The average Bonchev–Trinajstić information content (AvgIpc) is 3.36. The fourth-order valence-electron chi connectivity index (χ4n) is 2.53. The van der Waals surface area contributed by atoms with Gasteiger partial charge in [0.15, 0.2) is 0 Å². The standard InChI is InChI=1S/C18H17F2NO4S/c1-2-24-17(23)14-13(10-3-4-10)9-26-16(14)21-15(22)11-5-7-12(8-6-11)25-18(19)20/h5-10,18H,2-4H2,1H3,(H,21,22). The molecule has 1 aromatic carbocycles. The van der Waals surface area contributed by atoms with E-state index in [0.717, 1.165) is 18.4 Å². The largest absolute Gasteiger partial charge is 0.462 e. The summed E-state index contributed by atoms with van der Waals surface area (Å²) in [4.78, 5) is 24.7. The van der Waals surface area contributed by atoms with E-state index in [0.29, 0.717) is 16.5 Å². The summed E-state index contributed by atoms with van der Waals surface area (Å²) in [6, 6.07) is 5.34. The maximum Gasteiger partial charge on any atom is 0.387 e. The highest BCUT2D eigenvalue weighted by atomic mass is 32.1. The molecule has 0 unspecified atom stereocenters. The van der Waals surface area contributed by atoms with Crippen molar-refractivity contribution in [2.75, 3.05) is 11.9 Å². The smallest absolute Gasteiger partial charge is 0.387 e. The molecular formula is C18H17F2NO4S. The zero-order valence-corrected chi connectivity index (χ0v) is 14.8. The van der Waals surface area contributed by atoms with Crippen LogP contribution in [0.5, 0.6) is 5.75 Å². The van der Waals surface area contributed by atoms with Crippen molar-refractivity contribution in [2.45, 2.75) is 32.3 Å². The number of hydrogen-bond donors (Lipinski definition) is 1. The Balaban J connectivity index is 1.77. The molecule has 1 aliphatic carbocycles. The lowest BCUT2D eigenvalue weighted by Gasteiger charge is -2.09. The first-order valence-electron chi connectivity index (χ1n) is 8.14. The van der Waals surface area contributed by atoms with Gasteiger partial charge in [0.2, 0.25) is 0 Å². The van der Waals surface area contributed by atoms with E-state index in [1.54, 1.807) is 6.92 Å². The third kappa shape index (κ3) is 4.19. The van der Waals surface area contributed by atoms with Crippen LogP contribution in [0.1, 0.15) is 52.0 Å². The molecule has 1 aliphatic rings. The second kappa shape index (κ2) is 7.82. The van der Waals surface area contributed by atoms with Gasteiger partial charge < -0.3 is 14.8 Å². The Hall–Kier alpha value is -2.48. The number of nitrogens with one attached hydrogen (secondary N) is 1. The van der Waals surface area contributed by atoms with Crippen molar-refractivity contribution < 1.29 is 27.8 Å². The van der Waals surface area contributed by atoms with Crippen molar-refractivity contribution in [3.63, 3.8) is 0 Å². The summed E-state index contributed by atoms with van der Waals surface area (Å²) in [6.45, 7) is -0.950. The lowest BCUT2D eigenvalue weighted by Crippen LogP contribution is -2.15. The fourth-order valence-corrected chi connectivity index (χ4v) is 3.56. The van der Waals surface area contributed by atoms with Gasteiger partial charge in [-0.1, -0.05) is 0 Å². The van der Waals surface area contributed by atoms with Gasteiger partial charge >= 0.3 is 12.6 Å². The zero-order chi connectivity index (χ0) is 18.7. The summed E-state index contributed by atoms with van der Waals surface area (Å²) in [5, 5.41) is 5.03. The number of amides is 1. The normalized spacial score (nSPS) is 13.5. The van der Waals surface area contributed by atoms with Gasteiger partial charge in [0.05, 0.1) is 12.2 Å². The number of rotatable bonds is 7. The Morgan fingerprint density at radius 2 is 1.96 bits per heavy atom. The summed E-state index contributed by atoms with van der Waals surface area (Å²) in [5.41, 5.74) is 1.58. The third-order valence-corrected chi connectivity index (χ3v) is 4.80. The highest BCUT2D eigenvalue weighted by Gasteiger charge is 2.32. The quantitative estimate of drug-likeness (QED) is 0.709. The van der Waals surface area contributed by atoms with Crippen molar-refractivity contribution in [1.29, 1.82) is 0 Å². The van der Waals surface area contributed by atoms with Crippen LogP contribution < -0.4 is 10.1 Å². The molecule has 0 atom stereocenters. The van der Waals surface area contributed by atoms with Gasteiger partial charge in [-0.3, -0.25) is 4.79 Å². The van der Waals surface area contributed by atoms with Gasteiger partial charge in [0, 0.05) is 5.56 Å². The number of carbonyl (C=O) groups is 2. The van der Waals surface area contributed by atoms with E-state index < -0.39 is 18.5 Å². The third-order valence-electron chi connectivity index (χ3n) is 3.88. The fraction of sp³-hybridized carbons (Fsp3) is 0.333. The Kier molecular flexibility index (Phi) is 5.51. The number of halogens is 2. The number of benzene rings is 1. The summed E-state index contributed by atoms with van der Waals surface area (Å²) in [5.74, 6) is -0.590. The van der Waals surface area contributed by atoms with Crippen molar-refractivity contribution in [3.8, 4) is 5.75 Å². The molecule has 1 N–H and O–H groups in total. The van der Waals surface area contributed by atoms with E-state index in [2.05, 4.69) is 10.1 Å². The maximum atomic E-state index is 12.4. The van der Waals surface area contributed by atoms with Gasteiger partial charge in [-0.05, 0) is 60.9 Å². The minimum absolute atomic E-state index is 0.0316. The number of alkyl halides is 2. The highest BCUT2D eigenvalue weighted by molar-refractivity contribution is 7.15. The molecule has 0 saturated heterocycles. The van der Waals surface area contributed by atoms with Gasteiger partial charge in [-0.25, -0.2) is 4.79 Å². The number of hydrogen-bond acceptors (Lipinski definition) is 5. The molecular weight excluding hydrogens is 364 g/mol. The minimum Gasteiger partial charge on any atom is -0.462 e. The van der Waals surface area contributed by atoms with Crippen LogP contribution in [-0.2, 0) is 4.74 Å². The first-order chi connectivity index (χ1) is 12.5. The molecule has 5 nitrogen and oxygen atoms in total. The van der Waals surface area contributed by atoms with Crippen molar-refractivity contribution in [3.05, 3.63) is 46.3 Å². The number of esters is 1. The molecule has 26 heavy (non-hydrogen) atoms. The molecule has 1 amide bonds. The first kappa shape index (κ1) is 18.3. The van der Waals surface area contributed by atoms with E-state index >= 15 is 0 Å². The van der Waals surface area contributed by atoms with Crippen LogP contribution in [0.4, 0.5) is 13.8 Å². The molecule has 1 aromatic heterocycles. The van der Waals surface area contributed by atoms with Crippen LogP contribution in [0.15, 0.2) is 29.6 Å². The van der Waals surface area contributed by atoms with E-state index in [-0.39, 0.29) is 17.9 Å². The van der Waals surface area contributed by atoms with Crippen LogP contribution in [0.25, 0.3) is 0 Å². The lowest BCUT2D eigenvalue weighted by molar-refractivity contribution is -0.0498.